The minimum absolute atomic E-state index is 0.0163. The van der Waals surface area contributed by atoms with Gasteiger partial charge in [0.2, 0.25) is 0 Å². The van der Waals surface area contributed by atoms with E-state index in [1.165, 1.54) is 17.8 Å². The van der Waals surface area contributed by atoms with E-state index in [0.717, 1.165) is 5.75 Å². The van der Waals surface area contributed by atoms with Crippen molar-refractivity contribution in [2.24, 2.45) is 4.99 Å². The Balaban J connectivity index is 1.55. The number of benzene rings is 3. The SMILES string of the molecule is CCN1C(=O)/C(=C\c2cc(Cl)c(OCc3ccccc3F)c(Cl)c2)SC1=Nc1ccc(OC)cc1. The average Bonchev–Trinajstić information content (AvgIpc) is 3.13. The minimum atomic E-state index is -0.370. The first-order valence-corrected chi connectivity index (χ1v) is 12.3. The molecule has 1 aliphatic heterocycles. The van der Waals surface area contributed by atoms with Crippen LogP contribution in [-0.2, 0) is 11.4 Å². The van der Waals surface area contributed by atoms with Gasteiger partial charge >= 0.3 is 0 Å². The fourth-order valence-electron chi connectivity index (χ4n) is 3.35. The third-order valence-corrected chi connectivity index (χ3v) is 6.72. The van der Waals surface area contributed by atoms with Crippen molar-refractivity contribution < 1.29 is 18.7 Å². The van der Waals surface area contributed by atoms with Crippen molar-refractivity contribution in [2.45, 2.75) is 13.5 Å². The number of thioether (sulfide) groups is 1. The summed E-state index contributed by atoms with van der Waals surface area (Å²) in [6.07, 6.45) is 1.71. The summed E-state index contributed by atoms with van der Waals surface area (Å²) in [4.78, 5) is 19.7. The molecule has 0 N–H and O–H groups in total. The Labute approximate surface area is 217 Å². The zero-order valence-corrected chi connectivity index (χ0v) is 21.3. The Morgan fingerprint density at radius 1 is 1.09 bits per heavy atom. The molecule has 3 aromatic rings. The number of aliphatic imine (C=N–C) groups is 1. The molecule has 0 bridgehead atoms. The Morgan fingerprint density at radius 2 is 1.77 bits per heavy atom. The standard InChI is InChI=1S/C26H21Cl2FN2O3S/c1-3-31-25(32)23(35-26(31)30-18-8-10-19(33-2)11-9-18)14-16-12-20(27)24(21(28)13-16)34-15-17-6-4-5-7-22(17)29/h4-14H,3,15H2,1-2H3/b23-14+,30-26?. The van der Waals surface area contributed by atoms with Gasteiger partial charge in [-0.05, 0) is 72.8 Å². The molecule has 0 spiro atoms. The molecule has 0 atom stereocenters. The van der Waals surface area contributed by atoms with Crippen LogP contribution < -0.4 is 9.47 Å². The second-order valence-corrected chi connectivity index (χ2v) is 9.27. The topological polar surface area (TPSA) is 51.1 Å². The fraction of sp³-hybridized carbons (Fsp3) is 0.154. The Kier molecular flexibility index (Phi) is 8.00. The van der Waals surface area contributed by atoms with E-state index in [4.69, 9.17) is 32.7 Å². The third-order valence-electron chi connectivity index (χ3n) is 5.15. The van der Waals surface area contributed by atoms with Crippen LogP contribution in [0.5, 0.6) is 11.5 Å². The molecule has 4 rings (SSSR count). The van der Waals surface area contributed by atoms with Crippen molar-refractivity contribution in [2.75, 3.05) is 13.7 Å². The first-order valence-electron chi connectivity index (χ1n) is 10.7. The number of hydrogen-bond donors (Lipinski definition) is 0. The lowest BCUT2D eigenvalue weighted by Gasteiger charge is -2.12. The van der Waals surface area contributed by atoms with Gasteiger partial charge in [-0.25, -0.2) is 9.38 Å². The number of methoxy groups -OCH3 is 1. The van der Waals surface area contributed by atoms with Crippen LogP contribution in [0.2, 0.25) is 10.0 Å². The highest BCUT2D eigenvalue weighted by Gasteiger charge is 2.32. The molecule has 180 valence electrons. The maximum Gasteiger partial charge on any atom is 0.266 e. The summed E-state index contributed by atoms with van der Waals surface area (Å²) in [7, 11) is 1.60. The van der Waals surface area contributed by atoms with E-state index >= 15 is 0 Å². The summed E-state index contributed by atoms with van der Waals surface area (Å²) in [5.41, 5.74) is 1.74. The molecular weight excluding hydrogens is 510 g/mol. The second-order valence-electron chi connectivity index (χ2n) is 7.45. The number of amides is 1. The van der Waals surface area contributed by atoms with Crippen LogP contribution >= 0.6 is 35.0 Å². The number of amidine groups is 1. The van der Waals surface area contributed by atoms with Crippen LogP contribution in [0.15, 0.2) is 70.6 Å². The summed E-state index contributed by atoms with van der Waals surface area (Å²) < 4.78 is 24.7. The highest BCUT2D eigenvalue weighted by molar-refractivity contribution is 8.18. The lowest BCUT2D eigenvalue weighted by Crippen LogP contribution is -2.28. The first kappa shape index (κ1) is 25.1. The maximum atomic E-state index is 13.9. The predicted octanol–water partition coefficient (Wildman–Crippen LogP) is 7.34. The molecule has 1 fully saturated rings. The monoisotopic (exact) mass is 530 g/mol. The van der Waals surface area contributed by atoms with Crippen molar-refractivity contribution >= 4 is 57.8 Å². The van der Waals surface area contributed by atoms with Crippen molar-refractivity contribution in [1.82, 2.24) is 4.90 Å². The van der Waals surface area contributed by atoms with Crippen LogP contribution in [-0.4, -0.2) is 29.6 Å². The number of carbonyl (C=O) groups excluding carboxylic acids is 1. The molecule has 5 nitrogen and oxygen atoms in total. The maximum absolute atomic E-state index is 13.9. The van der Waals surface area contributed by atoms with Crippen LogP contribution in [0.25, 0.3) is 6.08 Å². The van der Waals surface area contributed by atoms with Gasteiger partial charge in [-0.3, -0.25) is 9.69 Å². The van der Waals surface area contributed by atoms with E-state index in [-0.39, 0.29) is 34.1 Å². The molecular formula is C26H21Cl2FN2O3S. The van der Waals surface area contributed by atoms with Gasteiger partial charge in [0.15, 0.2) is 10.9 Å². The minimum Gasteiger partial charge on any atom is -0.497 e. The summed E-state index contributed by atoms with van der Waals surface area (Å²) in [5.74, 6) is 0.454. The molecule has 0 unspecified atom stereocenters. The van der Waals surface area contributed by atoms with Gasteiger partial charge < -0.3 is 9.47 Å². The zero-order chi connectivity index (χ0) is 24.9. The van der Waals surface area contributed by atoms with E-state index in [2.05, 4.69) is 4.99 Å². The van der Waals surface area contributed by atoms with Gasteiger partial charge in [-0.1, -0.05) is 41.4 Å². The molecule has 1 heterocycles. The number of nitrogens with zero attached hydrogens (tertiary/aromatic N) is 2. The second kappa shape index (κ2) is 11.2. The molecule has 35 heavy (non-hydrogen) atoms. The molecule has 1 aliphatic rings. The first-order chi connectivity index (χ1) is 16.9. The molecule has 3 aromatic carbocycles. The van der Waals surface area contributed by atoms with Crippen molar-refractivity contribution in [1.29, 1.82) is 0 Å². The summed E-state index contributed by atoms with van der Waals surface area (Å²) in [6.45, 7) is 2.35. The lowest BCUT2D eigenvalue weighted by molar-refractivity contribution is -0.122. The fourth-order valence-corrected chi connectivity index (χ4v) is 5.03. The van der Waals surface area contributed by atoms with E-state index in [1.807, 2.05) is 31.2 Å². The van der Waals surface area contributed by atoms with Gasteiger partial charge in [-0.15, -0.1) is 0 Å². The highest BCUT2D eigenvalue weighted by atomic mass is 35.5. The van der Waals surface area contributed by atoms with Crippen LogP contribution in [0, 0.1) is 5.82 Å². The van der Waals surface area contributed by atoms with Gasteiger partial charge in [0.25, 0.3) is 5.91 Å². The average molecular weight is 531 g/mol. The van der Waals surface area contributed by atoms with Gasteiger partial charge in [0.1, 0.15) is 18.2 Å². The van der Waals surface area contributed by atoms with Crippen LogP contribution in [0.3, 0.4) is 0 Å². The molecule has 1 saturated heterocycles. The Morgan fingerprint density at radius 3 is 2.40 bits per heavy atom. The lowest BCUT2D eigenvalue weighted by atomic mass is 10.2. The van der Waals surface area contributed by atoms with Crippen LogP contribution in [0.1, 0.15) is 18.1 Å². The largest absolute Gasteiger partial charge is 0.497 e. The third kappa shape index (κ3) is 5.81. The predicted molar refractivity (Wildman–Crippen MR) is 140 cm³/mol. The van der Waals surface area contributed by atoms with Crippen LogP contribution in [0.4, 0.5) is 10.1 Å². The number of carbonyl (C=O) groups is 1. The number of ether oxygens (including phenoxy) is 2. The zero-order valence-electron chi connectivity index (χ0n) is 18.9. The number of hydrogen-bond acceptors (Lipinski definition) is 5. The molecule has 9 heteroatoms. The number of likely N-dealkylation sites (N-methyl/N-ethyl adjacent to an activating group) is 1. The quantitative estimate of drug-likeness (QED) is 0.299. The summed E-state index contributed by atoms with van der Waals surface area (Å²) >= 11 is 14.1. The molecule has 0 aliphatic carbocycles. The van der Waals surface area contributed by atoms with E-state index in [9.17, 15) is 9.18 Å². The molecule has 0 aromatic heterocycles. The normalized spacial score (nSPS) is 15.8. The Bertz CT molecular complexity index is 1290. The summed E-state index contributed by atoms with van der Waals surface area (Å²) in [5, 5.41) is 1.10. The van der Waals surface area contributed by atoms with Gasteiger partial charge in [0.05, 0.1) is 27.7 Å². The van der Waals surface area contributed by atoms with Crippen molar-refractivity contribution in [3.63, 3.8) is 0 Å². The van der Waals surface area contributed by atoms with Crippen molar-refractivity contribution in [3.8, 4) is 11.5 Å². The van der Waals surface area contributed by atoms with Gasteiger partial charge in [-0.2, -0.15) is 0 Å². The van der Waals surface area contributed by atoms with Crippen molar-refractivity contribution in [3.05, 3.63) is 92.6 Å². The van der Waals surface area contributed by atoms with E-state index in [0.29, 0.717) is 33.4 Å². The van der Waals surface area contributed by atoms with Gasteiger partial charge in [0, 0.05) is 12.1 Å². The Hall–Kier alpha value is -3.00. The molecule has 0 radical (unpaired) electrons. The summed E-state index contributed by atoms with van der Waals surface area (Å²) in [6, 6.07) is 16.9. The van der Waals surface area contributed by atoms with E-state index < -0.39 is 0 Å². The van der Waals surface area contributed by atoms with E-state index in [1.54, 1.807) is 48.4 Å². The number of rotatable bonds is 7. The highest BCUT2D eigenvalue weighted by Crippen LogP contribution is 2.38. The molecule has 1 amide bonds. The molecule has 0 saturated carbocycles. The number of halogens is 3. The smallest absolute Gasteiger partial charge is 0.266 e.